The number of amides is 6. The minimum Gasteiger partial charge on any atom is -0.481 e. The molecule has 6 amide bonds. The molecule has 13 N–H and O–H groups in total. The van der Waals surface area contributed by atoms with E-state index in [0.717, 1.165) is 10.9 Å². The molecule has 0 unspecified atom stereocenters. The number of aliphatic carboxylic acids is 2. The molecular weight excluding hydrogens is 688 g/mol. The number of carbonyl (C=O) groups excluding carboxylic acids is 6. The molecule has 0 aliphatic carbocycles. The molecule has 2 rings (SSSR count). The number of para-hydroxylation sites is 1. The highest BCUT2D eigenvalue weighted by Crippen LogP contribution is 2.19. The number of aromatic nitrogens is 1. The zero-order chi connectivity index (χ0) is 39.1. The maximum atomic E-state index is 13.4. The number of carbonyl (C=O) groups is 8. The summed E-state index contributed by atoms with van der Waals surface area (Å²) in [7, 11) is 0. The zero-order valence-corrected chi connectivity index (χ0v) is 28.8. The van der Waals surface area contributed by atoms with Gasteiger partial charge in [0.2, 0.25) is 35.4 Å². The minimum atomic E-state index is -1.73. The van der Waals surface area contributed by atoms with Gasteiger partial charge >= 0.3 is 11.9 Å². The molecule has 0 aliphatic heterocycles. The van der Waals surface area contributed by atoms with Gasteiger partial charge in [-0.05, 0) is 30.9 Å². The summed E-state index contributed by atoms with van der Waals surface area (Å²) in [5.41, 5.74) is 6.74. The number of carboxylic acids is 2. The zero-order valence-electron chi connectivity index (χ0n) is 28.8. The fourth-order valence-corrected chi connectivity index (χ4v) is 4.81. The van der Waals surface area contributed by atoms with Crippen molar-refractivity contribution in [1.82, 2.24) is 36.9 Å². The van der Waals surface area contributed by atoms with Crippen molar-refractivity contribution in [3.8, 4) is 0 Å². The van der Waals surface area contributed by atoms with Gasteiger partial charge in [0.05, 0.1) is 25.8 Å². The van der Waals surface area contributed by atoms with E-state index in [0.29, 0.717) is 5.56 Å². The lowest BCUT2D eigenvalue weighted by Crippen LogP contribution is -2.60. The molecule has 0 spiro atoms. The Morgan fingerprint density at radius 2 is 1.29 bits per heavy atom. The lowest BCUT2D eigenvalue weighted by molar-refractivity contribution is -0.143. The predicted octanol–water partition coefficient (Wildman–Crippen LogP) is -3.81. The summed E-state index contributed by atoms with van der Waals surface area (Å²) in [4.78, 5) is 103. The first-order valence-corrected chi connectivity index (χ1v) is 16.2. The summed E-state index contributed by atoms with van der Waals surface area (Å²) in [6.45, 7) is 1.88. The predicted molar refractivity (Wildman–Crippen MR) is 182 cm³/mol. The average Bonchev–Trinajstić information content (AvgIpc) is 3.50. The van der Waals surface area contributed by atoms with Crippen LogP contribution in [0.15, 0.2) is 30.5 Å². The van der Waals surface area contributed by atoms with Crippen molar-refractivity contribution in [2.45, 2.75) is 76.3 Å². The molecule has 0 radical (unpaired) electrons. The van der Waals surface area contributed by atoms with Crippen molar-refractivity contribution in [1.29, 1.82) is 0 Å². The van der Waals surface area contributed by atoms with Gasteiger partial charge in [0.1, 0.15) is 30.2 Å². The molecule has 0 fully saturated rings. The van der Waals surface area contributed by atoms with Gasteiger partial charge in [-0.1, -0.05) is 32.0 Å². The first-order chi connectivity index (χ1) is 24.5. The summed E-state index contributed by atoms with van der Waals surface area (Å²) in [6, 6.07) is -1.40. The van der Waals surface area contributed by atoms with Crippen molar-refractivity contribution in [2.75, 3.05) is 19.8 Å². The van der Waals surface area contributed by atoms with E-state index in [9.17, 15) is 58.8 Å². The Morgan fingerprint density at radius 1 is 0.731 bits per heavy atom. The summed E-state index contributed by atoms with van der Waals surface area (Å²) < 4.78 is 0. The van der Waals surface area contributed by atoms with E-state index in [-0.39, 0.29) is 6.42 Å². The van der Waals surface area contributed by atoms with E-state index in [4.69, 9.17) is 5.73 Å². The third-order valence-corrected chi connectivity index (χ3v) is 7.73. The highest BCUT2D eigenvalue weighted by atomic mass is 16.4. The number of nitrogens with one attached hydrogen (secondary N) is 7. The van der Waals surface area contributed by atoms with E-state index in [1.54, 1.807) is 44.3 Å². The summed E-state index contributed by atoms with van der Waals surface area (Å²) in [5.74, 6) is -8.91. The topological polar surface area (TPSA) is 331 Å². The Kier molecular flexibility index (Phi) is 16.6. The molecule has 286 valence electrons. The monoisotopic (exact) mass is 734 g/mol. The maximum Gasteiger partial charge on any atom is 0.326 e. The lowest BCUT2D eigenvalue weighted by Gasteiger charge is -2.26. The van der Waals surface area contributed by atoms with Crippen LogP contribution in [-0.4, -0.2) is 129 Å². The number of aliphatic hydroxyl groups excluding tert-OH is 2. The summed E-state index contributed by atoms with van der Waals surface area (Å²) in [5, 5.41) is 52.6. The molecule has 6 atom stereocenters. The highest BCUT2D eigenvalue weighted by molar-refractivity contribution is 5.97. The smallest absolute Gasteiger partial charge is 0.326 e. The van der Waals surface area contributed by atoms with E-state index >= 15 is 0 Å². The van der Waals surface area contributed by atoms with Gasteiger partial charge in [-0.15, -0.1) is 0 Å². The van der Waals surface area contributed by atoms with Gasteiger partial charge in [-0.25, -0.2) is 4.79 Å². The fourth-order valence-electron chi connectivity index (χ4n) is 4.81. The molecule has 0 saturated heterocycles. The van der Waals surface area contributed by atoms with Gasteiger partial charge < -0.3 is 63.0 Å². The van der Waals surface area contributed by atoms with Crippen molar-refractivity contribution in [3.63, 3.8) is 0 Å². The second-order valence-corrected chi connectivity index (χ2v) is 12.2. The van der Waals surface area contributed by atoms with Crippen molar-refractivity contribution < 1.29 is 58.8 Å². The normalized spacial score (nSPS) is 14.5. The van der Waals surface area contributed by atoms with Crippen molar-refractivity contribution >= 4 is 58.3 Å². The number of hydrogen-bond donors (Lipinski definition) is 12. The number of aliphatic hydroxyl groups is 2. The van der Waals surface area contributed by atoms with Crippen molar-refractivity contribution in [2.24, 2.45) is 11.7 Å². The van der Waals surface area contributed by atoms with Crippen LogP contribution in [0, 0.1) is 5.92 Å². The van der Waals surface area contributed by atoms with Crippen LogP contribution in [0.4, 0.5) is 0 Å². The maximum absolute atomic E-state index is 13.4. The van der Waals surface area contributed by atoms with Gasteiger partial charge in [-0.3, -0.25) is 33.6 Å². The van der Waals surface area contributed by atoms with E-state index < -0.39 is 122 Å². The van der Waals surface area contributed by atoms with Crippen LogP contribution >= 0.6 is 0 Å². The summed E-state index contributed by atoms with van der Waals surface area (Å²) >= 11 is 0. The average molecular weight is 735 g/mol. The molecular formula is C32H46N8O12. The second kappa shape index (κ2) is 20.3. The molecule has 1 aromatic carbocycles. The standard InChI is InChI=1S/C32H46N8O12/c1-15(2)26(32(51)52)40-30(49)21(10-17-11-34-19-7-5-4-6-18(17)19)37-31(50)23(14-42)39-29(48)20(8-9-25(44)45)36-24(43)12-35-28(47)22(13-41)38-27(46)16(3)33/h4-7,11,15-16,20-23,26,34,41-42H,8-10,12-14,33H2,1-3H3,(H,35,47)(H,36,43)(H,37,50)(H,38,46)(H,39,48)(H,40,49)(H,44,45)(H,51,52)/t16-,20-,21-,22-,23-,26-/m0/s1. The first kappa shape index (κ1) is 42.6. The first-order valence-electron chi connectivity index (χ1n) is 16.2. The number of nitrogens with two attached hydrogens (primary N) is 1. The van der Waals surface area contributed by atoms with Gasteiger partial charge in [-0.2, -0.15) is 0 Å². The fraction of sp³-hybridized carbons (Fsp3) is 0.500. The lowest BCUT2D eigenvalue weighted by atomic mass is 10.0. The Labute approximate surface area is 297 Å². The summed E-state index contributed by atoms with van der Waals surface area (Å²) in [6.07, 6.45) is 0.372. The molecule has 0 aliphatic rings. The molecule has 0 saturated carbocycles. The Hall–Kier alpha value is -5.60. The van der Waals surface area contributed by atoms with Crippen LogP contribution in [0.2, 0.25) is 0 Å². The molecule has 2 aromatic rings. The van der Waals surface area contributed by atoms with Crippen LogP contribution in [0.1, 0.15) is 39.2 Å². The number of benzene rings is 1. The molecule has 1 aromatic heterocycles. The Morgan fingerprint density at radius 3 is 1.87 bits per heavy atom. The number of carboxylic acid groups (broad SMARTS) is 2. The van der Waals surface area contributed by atoms with Crippen LogP contribution in [0.3, 0.4) is 0 Å². The third-order valence-electron chi connectivity index (χ3n) is 7.73. The number of H-pyrrole nitrogens is 1. The van der Waals surface area contributed by atoms with Crippen LogP contribution < -0.4 is 37.6 Å². The van der Waals surface area contributed by atoms with Crippen molar-refractivity contribution in [3.05, 3.63) is 36.0 Å². The quantitative estimate of drug-likeness (QED) is 0.0586. The largest absolute Gasteiger partial charge is 0.481 e. The minimum absolute atomic E-state index is 0.132. The van der Waals surface area contributed by atoms with Gasteiger partial charge in [0.15, 0.2) is 0 Å². The molecule has 0 bridgehead atoms. The van der Waals surface area contributed by atoms with E-state index in [1.165, 1.54) is 6.92 Å². The number of fused-ring (bicyclic) bond motifs is 1. The Bertz CT molecular complexity index is 1610. The molecule has 52 heavy (non-hydrogen) atoms. The van der Waals surface area contributed by atoms with Gasteiger partial charge in [0, 0.05) is 29.9 Å². The SMILES string of the molecule is CC(C)[C@H](NC(=O)[C@H](Cc1c[nH]c2ccccc12)NC(=O)[C@H](CO)NC(=O)[C@H](CCC(=O)O)NC(=O)CNC(=O)[C@H](CO)NC(=O)[C@H](C)N)C(=O)O. The number of hydrogen-bond acceptors (Lipinski definition) is 11. The highest BCUT2D eigenvalue weighted by Gasteiger charge is 2.33. The van der Waals surface area contributed by atoms with E-state index in [2.05, 4.69) is 36.9 Å². The Balaban J connectivity index is 2.21. The number of rotatable bonds is 21. The van der Waals surface area contributed by atoms with Crippen LogP contribution in [0.25, 0.3) is 10.9 Å². The van der Waals surface area contributed by atoms with Gasteiger partial charge in [0.25, 0.3) is 0 Å². The molecule has 20 nitrogen and oxygen atoms in total. The van der Waals surface area contributed by atoms with E-state index in [1.807, 2.05) is 0 Å². The molecule has 1 heterocycles. The third kappa shape index (κ3) is 12.9. The van der Waals surface area contributed by atoms with Crippen LogP contribution in [0.5, 0.6) is 0 Å². The van der Waals surface area contributed by atoms with Crippen LogP contribution in [-0.2, 0) is 44.8 Å². The number of aromatic amines is 1. The second-order valence-electron chi connectivity index (χ2n) is 12.2. The molecule has 20 heteroatoms.